The molecule has 36 heavy (non-hydrogen) atoms. The summed E-state index contributed by atoms with van der Waals surface area (Å²) < 4.78 is 25.4. The normalized spacial score (nSPS) is 15.6. The number of hydrogen-bond donors (Lipinski definition) is 0. The third kappa shape index (κ3) is 4.90. The molecule has 1 aliphatic heterocycles. The van der Waals surface area contributed by atoms with Gasteiger partial charge >= 0.3 is 0 Å². The molecule has 4 aromatic rings. The molecule has 1 aromatic heterocycles. The maximum atomic E-state index is 6.10. The lowest BCUT2D eigenvalue weighted by atomic mass is 9.99. The molecule has 0 spiro atoms. The van der Waals surface area contributed by atoms with Crippen LogP contribution in [0.5, 0.6) is 28.7 Å². The molecule has 0 saturated carbocycles. The summed E-state index contributed by atoms with van der Waals surface area (Å²) in [5.41, 5.74) is 3.54. The molecule has 6 nitrogen and oxygen atoms in total. The minimum absolute atomic E-state index is 0.0231. The molecule has 0 unspecified atom stereocenters. The van der Waals surface area contributed by atoms with Gasteiger partial charge in [-0.15, -0.1) is 0 Å². The highest BCUT2D eigenvalue weighted by Crippen LogP contribution is 2.43. The molecule has 0 fully saturated rings. The third-order valence-electron chi connectivity index (χ3n) is 6.62. The second-order valence-corrected chi connectivity index (χ2v) is 8.87. The van der Waals surface area contributed by atoms with Crippen LogP contribution in [0.15, 0.2) is 85.1 Å². The van der Waals surface area contributed by atoms with Crippen molar-refractivity contribution in [3.8, 4) is 28.7 Å². The predicted octanol–water partition coefficient (Wildman–Crippen LogP) is 6.30. The van der Waals surface area contributed by atoms with E-state index in [0.717, 1.165) is 43.1 Å². The van der Waals surface area contributed by atoms with Crippen molar-refractivity contribution in [2.24, 2.45) is 0 Å². The summed E-state index contributed by atoms with van der Waals surface area (Å²) in [6.07, 6.45) is 3.22. The van der Waals surface area contributed by atoms with Gasteiger partial charge in [-0.1, -0.05) is 30.3 Å². The number of ether oxygens (including phenoxy) is 4. The summed E-state index contributed by atoms with van der Waals surface area (Å²) in [6.45, 7) is 2.71. The molecule has 5 rings (SSSR count). The molecular weight excluding hydrogens is 452 g/mol. The van der Waals surface area contributed by atoms with Crippen LogP contribution in [0.4, 0.5) is 0 Å². The number of aryl methyl sites for hydroxylation is 1. The first kappa shape index (κ1) is 23.8. The number of benzene rings is 3. The summed E-state index contributed by atoms with van der Waals surface area (Å²) in [4.78, 5) is 2.52. The molecule has 0 saturated heterocycles. The highest BCUT2D eigenvalue weighted by Gasteiger charge is 2.29. The zero-order valence-electron chi connectivity index (χ0n) is 21.0. The van der Waals surface area contributed by atoms with Gasteiger partial charge in [0.25, 0.3) is 0 Å². The van der Waals surface area contributed by atoms with Crippen LogP contribution in [0.1, 0.15) is 29.3 Å². The van der Waals surface area contributed by atoms with Crippen molar-refractivity contribution in [2.45, 2.75) is 25.6 Å². The molecule has 0 radical (unpaired) electrons. The van der Waals surface area contributed by atoms with Crippen LogP contribution in [0, 0.1) is 0 Å². The SMILES string of the molecule is COc1cc([C@@H]2c3cccn3CCCN2Cc2cccc(Oc3ccccc3)c2)cc(OC)c1OC. The zero-order valence-corrected chi connectivity index (χ0v) is 21.0. The Balaban J connectivity index is 1.51. The molecule has 2 heterocycles. The number of para-hydroxylation sites is 1. The lowest BCUT2D eigenvalue weighted by Crippen LogP contribution is -2.29. The van der Waals surface area contributed by atoms with E-state index in [1.165, 1.54) is 11.3 Å². The summed E-state index contributed by atoms with van der Waals surface area (Å²) in [5, 5.41) is 0. The fourth-order valence-corrected chi connectivity index (χ4v) is 5.02. The third-order valence-corrected chi connectivity index (χ3v) is 6.62. The zero-order chi connectivity index (χ0) is 24.9. The molecular formula is C30H32N2O4. The Bertz CT molecular complexity index is 1280. The van der Waals surface area contributed by atoms with Gasteiger partial charge in [0.05, 0.1) is 27.4 Å². The lowest BCUT2D eigenvalue weighted by Gasteiger charge is -2.31. The van der Waals surface area contributed by atoms with E-state index in [0.29, 0.717) is 17.2 Å². The van der Waals surface area contributed by atoms with E-state index in [1.807, 2.05) is 36.4 Å². The van der Waals surface area contributed by atoms with E-state index in [1.54, 1.807) is 21.3 Å². The van der Waals surface area contributed by atoms with Gasteiger partial charge in [-0.25, -0.2) is 0 Å². The molecule has 0 aliphatic carbocycles. The number of fused-ring (bicyclic) bond motifs is 1. The van der Waals surface area contributed by atoms with Crippen LogP contribution in [-0.2, 0) is 13.1 Å². The highest BCUT2D eigenvalue weighted by atomic mass is 16.5. The summed E-state index contributed by atoms with van der Waals surface area (Å²) >= 11 is 0. The van der Waals surface area contributed by atoms with Gasteiger partial charge in [0, 0.05) is 31.5 Å². The quantitative estimate of drug-likeness (QED) is 0.294. The van der Waals surface area contributed by atoms with Gasteiger partial charge < -0.3 is 23.5 Å². The summed E-state index contributed by atoms with van der Waals surface area (Å²) in [5.74, 6) is 3.59. The van der Waals surface area contributed by atoms with Crippen molar-refractivity contribution >= 4 is 0 Å². The standard InChI is InChI=1S/C30H32N2O4/c1-33-27-19-23(20-28(34-2)30(27)35-3)29-26-14-8-15-31(26)16-9-17-32(29)21-22-10-7-13-25(18-22)36-24-11-5-4-6-12-24/h4-8,10-15,18-20,29H,9,16-17,21H2,1-3H3/t29-/m1/s1. The van der Waals surface area contributed by atoms with Crippen LogP contribution in [0.25, 0.3) is 0 Å². The smallest absolute Gasteiger partial charge is 0.203 e. The van der Waals surface area contributed by atoms with Crippen molar-refractivity contribution < 1.29 is 18.9 Å². The molecule has 1 atom stereocenters. The van der Waals surface area contributed by atoms with Crippen molar-refractivity contribution in [1.82, 2.24) is 9.47 Å². The van der Waals surface area contributed by atoms with Crippen molar-refractivity contribution in [3.05, 3.63) is 102 Å². The molecule has 186 valence electrons. The van der Waals surface area contributed by atoms with Crippen molar-refractivity contribution in [1.29, 1.82) is 0 Å². The van der Waals surface area contributed by atoms with E-state index < -0.39 is 0 Å². The number of methoxy groups -OCH3 is 3. The van der Waals surface area contributed by atoms with Gasteiger partial charge in [0.15, 0.2) is 11.5 Å². The van der Waals surface area contributed by atoms with E-state index in [-0.39, 0.29) is 6.04 Å². The lowest BCUT2D eigenvalue weighted by molar-refractivity contribution is 0.219. The first-order valence-corrected chi connectivity index (χ1v) is 12.2. The second-order valence-electron chi connectivity index (χ2n) is 8.87. The second kappa shape index (κ2) is 10.8. The van der Waals surface area contributed by atoms with Gasteiger partial charge in [-0.05, 0) is 66.1 Å². The fourth-order valence-electron chi connectivity index (χ4n) is 5.02. The Morgan fingerprint density at radius 1 is 0.750 bits per heavy atom. The minimum atomic E-state index is 0.0231. The Morgan fingerprint density at radius 3 is 2.22 bits per heavy atom. The largest absolute Gasteiger partial charge is 0.493 e. The monoisotopic (exact) mass is 484 g/mol. The van der Waals surface area contributed by atoms with Crippen LogP contribution in [0.3, 0.4) is 0 Å². The minimum Gasteiger partial charge on any atom is -0.493 e. The van der Waals surface area contributed by atoms with Crippen molar-refractivity contribution in [2.75, 3.05) is 27.9 Å². The van der Waals surface area contributed by atoms with Gasteiger partial charge in [0.1, 0.15) is 11.5 Å². The predicted molar refractivity (Wildman–Crippen MR) is 140 cm³/mol. The first-order chi connectivity index (χ1) is 17.7. The van der Waals surface area contributed by atoms with E-state index in [4.69, 9.17) is 18.9 Å². The van der Waals surface area contributed by atoms with E-state index >= 15 is 0 Å². The maximum Gasteiger partial charge on any atom is 0.203 e. The number of rotatable bonds is 8. The van der Waals surface area contributed by atoms with Gasteiger partial charge in [0.2, 0.25) is 5.75 Å². The average molecular weight is 485 g/mol. The van der Waals surface area contributed by atoms with Gasteiger partial charge in [-0.3, -0.25) is 4.90 Å². The van der Waals surface area contributed by atoms with Gasteiger partial charge in [-0.2, -0.15) is 0 Å². The van der Waals surface area contributed by atoms with Crippen LogP contribution < -0.4 is 18.9 Å². The average Bonchev–Trinajstić information content (AvgIpc) is 3.29. The number of aromatic nitrogens is 1. The molecule has 0 N–H and O–H groups in total. The maximum absolute atomic E-state index is 6.10. The fraction of sp³-hybridized carbons (Fsp3) is 0.267. The summed E-state index contributed by atoms with van der Waals surface area (Å²) in [6, 6.07) is 26.7. The van der Waals surface area contributed by atoms with Crippen molar-refractivity contribution in [3.63, 3.8) is 0 Å². The molecule has 6 heteroatoms. The molecule has 1 aliphatic rings. The van der Waals surface area contributed by atoms with E-state index in [9.17, 15) is 0 Å². The first-order valence-electron chi connectivity index (χ1n) is 12.2. The Kier molecular flexibility index (Phi) is 7.14. The topological polar surface area (TPSA) is 45.1 Å². The molecule has 3 aromatic carbocycles. The highest BCUT2D eigenvalue weighted by molar-refractivity contribution is 5.55. The molecule has 0 bridgehead atoms. The number of hydrogen-bond acceptors (Lipinski definition) is 5. The summed E-state index contributed by atoms with van der Waals surface area (Å²) in [7, 11) is 4.95. The van der Waals surface area contributed by atoms with Crippen LogP contribution in [-0.4, -0.2) is 37.3 Å². The number of nitrogens with zero attached hydrogens (tertiary/aromatic N) is 2. The Hall–Kier alpha value is -3.90. The Labute approximate surface area is 212 Å². The van der Waals surface area contributed by atoms with Crippen LogP contribution in [0.2, 0.25) is 0 Å². The molecule has 0 amide bonds. The Morgan fingerprint density at radius 2 is 1.50 bits per heavy atom. The van der Waals surface area contributed by atoms with Crippen LogP contribution >= 0.6 is 0 Å². The van der Waals surface area contributed by atoms with E-state index in [2.05, 4.69) is 58.1 Å².